The predicted octanol–water partition coefficient (Wildman–Crippen LogP) is 3.35. The summed E-state index contributed by atoms with van der Waals surface area (Å²) in [7, 11) is 0. The van der Waals surface area contributed by atoms with E-state index in [2.05, 4.69) is 43.0 Å². The molecule has 1 aromatic carbocycles. The van der Waals surface area contributed by atoms with E-state index < -0.39 is 0 Å². The Bertz CT molecular complexity index is 723. The second-order valence-corrected chi connectivity index (χ2v) is 7.45. The molecule has 2 heterocycles. The van der Waals surface area contributed by atoms with Gasteiger partial charge in [-0.25, -0.2) is 9.97 Å². The summed E-state index contributed by atoms with van der Waals surface area (Å²) < 4.78 is 0.989. The van der Waals surface area contributed by atoms with Gasteiger partial charge in [-0.2, -0.15) is 0 Å². The summed E-state index contributed by atoms with van der Waals surface area (Å²) in [6.07, 6.45) is 2.56. The van der Waals surface area contributed by atoms with Crippen molar-refractivity contribution < 1.29 is 4.79 Å². The summed E-state index contributed by atoms with van der Waals surface area (Å²) in [4.78, 5) is 23.3. The molecule has 1 aliphatic rings. The van der Waals surface area contributed by atoms with Gasteiger partial charge in [0.2, 0.25) is 5.91 Å². The Kier molecular flexibility index (Phi) is 5.86. The predicted molar refractivity (Wildman–Crippen MR) is 100 cm³/mol. The van der Waals surface area contributed by atoms with Gasteiger partial charge in [0, 0.05) is 35.2 Å². The maximum absolute atomic E-state index is 12.2. The first-order valence-corrected chi connectivity index (χ1v) is 9.67. The number of likely N-dealkylation sites (N-methyl/N-ethyl adjacent to an activating group) is 1. The van der Waals surface area contributed by atoms with Crippen LogP contribution in [0.5, 0.6) is 0 Å². The van der Waals surface area contributed by atoms with E-state index in [9.17, 15) is 4.79 Å². The van der Waals surface area contributed by atoms with E-state index in [1.54, 1.807) is 6.33 Å². The first-order chi connectivity index (χ1) is 11.7. The van der Waals surface area contributed by atoms with E-state index in [1.165, 1.54) is 17.3 Å². The lowest BCUT2D eigenvalue weighted by Crippen LogP contribution is -2.31. The van der Waals surface area contributed by atoms with Crippen molar-refractivity contribution in [1.82, 2.24) is 14.9 Å². The van der Waals surface area contributed by atoms with Crippen molar-refractivity contribution in [1.29, 1.82) is 0 Å². The molecule has 1 aromatic heterocycles. The highest BCUT2D eigenvalue weighted by molar-refractivity contribution is 9.10. The highest BCUT2D eigenvalue weighted by atomic mass is 79.9. The first kappa shape index (κ1) is 17.4. The van der Waals surface area contributed by atoms with Crippen molar-refractivity contribution in [3.63, 3.8) is 0 Å². The topological polar surface area (TPSA) is 58.1 Å². The molecule has 0 saturated heterocycles. The van der Waals surface area contributed by atoms with E-state index in [4.69, 9.17) is 0 Å². The van der Waals surface area contributed by atoms with Crippen molar-refractivity contribution in [2.45, 2.75) is 24.9 Å². The van der Waals surface area contributed by atoms with E-state index in [1.807, 2.05) is 24.3 Å². The molecule has 0 spiro atoms. The number of benzene rings is 1. The van der Waals surface area contributed by atoms with Gasteiger partial charge in [0.25, 0.3) is 0 Å². The van der Waals surface area contributed by atoms with E-state index >= 15 is 0 Å². The number of anilines is 1. The van der Waals surface area contributed by atoms with Gasteiger partial charge in [-0.3, -0.25) is 9.69 Å². The van der Waals surface area contributed by atoms with Crippen LogP contribution < -0.4 is 5.32 Å². The molecule has 0 atom stereocenters. The van der Waals surface area contributed by atoms with Crippen LogP contribution in [0.25, 0.3) is 0 Å². The zero-order valence-corrected chi connectivity index (χ0v) is 15.9. The molecule has 7 heteroatoms. The minimum atomic E-state index is -0.0298. The molecule has 0 bridgehead atoms. The molecular weight excluding hydrogens is 388 g/mol. The fourth-order valence-electron chi connectivity index (χ4n) is 2.63. The number of halogens is 1. The summed E-state index contributed by atoms with van der Waals surface area (Å²) in [5, 5.41) is 3.83. The molecule has 24 heavy (non-hydrogen) atoms. The number of carbonyl (C=O) groups is 1. The molecule has 0 saturated carbocycles. The number of hydrogen-bond acceptors (Lipinski definition) is 5. The summed E-state index contributed by atoms with van der Waals surface area (Å²) in [5.74, 6) is 0.309. The largest absolute Gasteiger partial charge is 0.325 e. The average molecular weight is 407 g/mol. The third-order valence-corrected chi connectivity index (χ3v) is 5.52. The van der Waals surface area contributed by atoms with Crippen molar-refractivity contribution >= 4 is 39.3 Å². The second kappa shape index (κ2) is 8.09. The van der Waals surface area contributed by atoms with Gasteiger partial charge < -0.3 is 5.32 Å². The standard InChI is InChI=1S/C17H19BrN4OS/c1-2-22-8-7-15-14(9-22)17(20-11-19-15)24-10-16(23)21-13-5-3-12(18)4-6-13/h3-6,11H,2,7-10H2,1H3,(H,21,23). The van der Waals surface area contributed by atoms with Crippen molar-refractivity contribution in [2.24, 2.45) is 0 Å². The van der Waals surface area contributed by atoms with Gasteiger partial charge in [0.15, 0.2) is 0 Å². The molecule has 3 rings (SSSR count). The zero-order valence-electron chi connectivity index (χ0n) is 13.5. The number of amides is 1. The van der Waals surface area contributed by atoms with Crippen molar-refractivity contribution in [3.05, 3.63) is 46.3 Å². The molecule has 1 N–H and O–H groups in total. The zero-order chi connectivity index (χ0) is 16.9. The number of fused-ring (bicyclic) bond motifs is 1. The number of aromatic nitrogens is 2. The molecule has 5 nitrogen and oxygen atoms in total. The molecule has 0 aliphatic carbocycles. The number of hydrogen-bond donors (Lipinski definition) is 1. The highest BCUT2D eigenvalue weighted by Gasteiger charge is 2.20. The molecule has 0 fully saturated rings. The Labute approximate surface area is 154 Å². The Morgan fingerprint density at radius 2 is 2.12 bits per heavy atom. The minimum absolute atomic E-state index is 0.0298. The SMILES string of the molecule is CCN1CCc2ncnc(SCC(=O)Nc3ccc(Br)cc3)c2C1. The van der Waals surface area contributed by atoms with E-state index in [0.29, 0.717) is 5.75 Å². The van der Waals surface area contributed by atoms with Crippen molar-refractivity contribution in [2.75, 3.05) is 24.2 Å². The van der Waals surface area contributed by atoms with Crippen LogP contribution in [-0.2, 0) is 17.8 Å². The third-order valence-electron chi connectivity index (χ3n) is 3.96. The van der Waals surface area contributed by atoms with Crippen LogP contribution in [0.3, 0.4) is 0 Å². The van der Waals surface area contributed by atoms with Gasteiger partial charge >= 0.3 is 0 Å². The lowest BCUT2D eigenvalue weighted by molar-refractivity contribution is -0.113. The van der Waals surface area contributed by atoms with Crippen LogP contribution in [0.15, 0.2) is 40.1 Å². The van der Waals surface area contributed by atoms with E-state index in [0.717, 1.165) is 46.9 Å². The van der Waals surface area contributed by atoms with E-state index in [-0.39, 0.29) is 5.91 Å². The number of thioether (sulfide) groups is 1. The second-order valence-electron chi connectivity index (χ2n) is 5.57. The van der Waals surface area contributed by atoms with Gasteiger partial charge in [0.05, 0.1) is 11.4 Å². The first-order valence-electron chi connectivity index (χ1n) is 7.89. The lowest BCUT2D eigenvalue weighted by atomic mass is 10.1. The molecule has 2 aromatic rings. The normalized spacial score (nSPS) is 14.2. The van der Waals surface area contributed by atoms with Crippen LogP contribution in [0.1, 0.15) is 18.2 Å². The molecule has 0 unspecified atom stereocenters. The molecular formula is C17H19BrN4OS. The Morgan fingerprint density at radius 3 is 2.88 bits per heavy atom. The molecule has 1 amide bonds. The summed E-state index contributed by atoms with van der Waals surface area (Å²) in [6.45, 7) is 5.08. The average Bonchev–Trinajstić information content (AvgIpc) is 2.61. The van der Waals surface area contributed by atoms with Gasteiger partial charge in [-0.15, -0.1) is 0 Å². The van der Waals surface area contributed by atoms with Crippen LogP contribution in [0.2, 0.25) is 0 Å². The number of rotatable bonds is 5. The molecule has 0 radical (unpaired) electrons. The molecule has 1 aliphatic heterocycles. The smallest absolute Gasteiger partial charge is 0.234 e. The molecule has 126 valence electrons. The number of nitrogens with zero attached hydrogens (tertiary/aromatic N) is 3. The Hall–Kier alpha value is -1.44. The third kappa shape index (κ3) is 4.34. The maximum atomic E-state index is 12.2. The fourth-order valence-corrected chi connectivity index (χ4v) is 3.71. The quantitative estimate of drug-likeness (QED) is 0.609. The van der Waals surface area contributed by atoms with Crippen LogP contribution in [0, 0.1) is 0 Å². The fraction of sp³-hybridized carbons (Fsp3) is 0.353. The minimum Gasteiger partial charge on any atom is -0.325 e. The van der Waals surface area contributed by atoms with Crippen LogP contribution in [-0.4, -0.2) is 39.6 Å². The van der Waals surface area contributed by atoms with Gasteiger partial charge in [0.1, 0.15) is 11.4 Å². The van der Waals surface area contributed by atoms with Gasteiger partial charge in [-0.05, 0) is 30.8 Å². The number of carbonyl (C=O) groups excluding carboxylic acids is 1. The number of nitrogens with one attached hydrogen (secondary N) is 1. The van der Waals surface area contributed by atoms with Gasteiger partial charge in [-0.1, -0.05) is 34.6 Å². The highest BCUT2D eigenvalue weighted by Crippen LogP contribution is 2.26. The Balaban J connectivity index is 1.62. The monoisotopic (exact) mass is 406 g/mol. The van der Waals surface area contributed by atoms with Crippen molar-refractivity contribution in [3.8, 4) is 0 Å². The van der Waals surface area contributed by atoms with Crippen LogP contribution >= 0.6 is 27.7 Å². The lowest BCUT2D eigenvalue weighted by Gasteiger charge is -2.27. The summed E-state index contributed by atoms with van der Waals surface area (Å²) >= 11 is 4.86. The summed E-state index contributed by atoms with van der Waals surface area (Å²) in [5.41, 5.74) is 3.09. The summed E-state index contributed by atoms with van der Waals surface area (Å²) in [6, 6.07) is 7.56. The van der Waals surface area contributed by atoms with Crippen LogP contribution in [0.4, 0.5) is 5.69 Å². The Morgan fingerprint density at radius 1 is 1.33 bits per heavy atom. The maximum Gasteiger partial charge on any atom is 0.234 e.